The zero-order valence-corrected chi connectivity index (χ0v) is 5.63. The summed E-state index contributed by atoms with van der Waals surface area (Å²) in [6.45, 7) is 2.28. The molecule has 0 heterocycles. The van der Waals surface area contributed by atoms with Crippen molar-refractivity contribution in [2.24, 2.45) is 11.7 Å². The summed E-state index contributed by atoms with van der Waals surface area (Å²) in [5, 5.41) is 7.19. The molecule has 9 heavy (non-hydrogen) atoms. The number of nitrogens with two attached hydrogens (primary N) is 1. The summed E-state index contributed by atoms with van der Waals surface area (Å²) in [4.78, 5) is 8.78. The second-order valence-corrected chi connectivity index (χ2v) is 2.02. The van der Waals surface area contributed by atoms with E-state index in [2.05, 4.69) is 12.7 Å². The third-order valence-corrected chi connectivity index (χ3v) is 0.866. The normalized spacial score (nSPS) is 14.3. The molecule has 1 aliphatic carbocycles. The van der Waals surface area contributed by atoms with Gasteiger partial charge in [0.2, 0.25) is 0 Å². The standard InChI is InChI=1S/C4H8.CH3NO2.H3N/c1-4-2-3-4;2-1(3)4;/h4H,2-3H2,1H3;2H2,(H,3,4);1H3. The van der Waals surface area contributed by atoms with Crippen LogP contribution < -0.4 is 11.9 Å². The van der Waals surface area contributed by atoms with Gasteiger partial charge in [0.15, 0.2) is 0 Å². The first kappa shape index (κ1) is 11.1. The number of primary amides is 1. The lowest BCUT2D eigenvalue weighted by molar-refractivity contribution is 0.205. The van der Waals surface area contributed by atoms with Gasteiger partial charge in [0.1, 0.15) is 0 Å². The van der Waals surface area contributed by atoms with Gasteiger partial charge in [-0.3, -0.25) is 0 Å². The highest BCUT2D eigenvalue weighted by Crippen LogP contribution is 2.26. The SMILES string of the molecule is CC1CC1.N.NC(=O)O. The molecule has 0 aliphatic heterocycles. The molecule has 0 spiro atoms. The van der Waals surface area contributed by atoms with Crippen molar-refractivity contribution in [2.45, 2.75) is 19.8 Å². The Morgan fingerprint density at radius 3 is 1.78 bits per heavy atom. The Kier molecular flexibility index (Phi) is 6.61. The van der Waals surface area contributed by atoms with Crippen molar-refractivity contribution in [3.8, 4) is 0 Å². The minimum atomic E-state index is -1.33. The lowest BCUT2D eigenvalue weighted by Crippen LogP contribution is -2.03. The van der Waals surface area contributed by atoms with Crippen LogP contribution in [0.2, 0.25) is 0 Å². The third-order valence-electron chi connectivity index (χ3n) is 0.866. The van der Waals surface area contributed by atoms with Crippen LogP contribution in [-0.2, 0) is 0 Å². The maximum absolute atomic E-state index is 8.78. The fourth-order valence-corrected chi connectivity index (χ4v) is 0.167. The summed E-state index contributed by atoms with van der Waals surface area (Å²) in [6, 6.07) is 0. The Balaban J connectivity index is 0. The maximum atomic E-state index is 8.78. The van der Waals surface area contributed by atoms with E-state index in [-0.39, 0.29) is 6.15 Å². The predicted molar refractivity (Wildman–Crippen MR) is 35.6 cm³/mol. The molecule has 0 radical (unpaired) electrons. The summed E-state index contributed by atoms with van der Waals surface area (Å²) in [7, 11) is 0. The highest BCUT2D eigenvalue weighted by atomic mass is 16.4. The molecule has 0 bridgehead atoms. The number of amides is 1. The van der Waals surface area contributed by atoms with Crippen molar-refractivity contribution < 1.29 is 9.90 Å². The minimum Gasteiger partial charge on any atom is -0.465 e. The van der Waals surface area contributed by atoms with Gasteiger partial charge in [0, 0.05) is 0 Å². The van der Waals surface area contributed by atoms with Gasteiger partial charge >= 0.3 is 6.09 Å². The second kappa shape index (κ2) is 5.37. The summed E-state index contributed by atoms with van der Waals surface area (Å²) in [5.41, 5.74) is 4.03. The smallest absolute Gasteiger partial charge is 0.402 e. The van der Waals surface area contributed by atoms with Crippen LogP contribution in [-0.4, -0.2) is 11.2 Å². The number of hydrogen-bond donors (Lipinski definition) is 3. The van der Waals surface area contributed by atoms with Gasteiger partial charge in [0.25, 0.3) is 0 Å². The van der Waals surface area contributed by atoms with E-state index >= 15 is 0 Å². The van der Waals surface area contributed by atoms with E-state index in [0.29, 0.717) is 0 Å². The van der Waals surface area contributed by atoms with Crippen LogP contribution >= 0.6 is 0 Å². The van der Waals surface area contributed by atoms with Crippen LogP contribution in [0.15, 0.2) is 0 Å². The van der Waals surface area contributed by atoms with E-state index in [0.717, 1.165) is 5.92 Å². The van der Waals surface area contributed by atoms with Gasteiger partial charge in [-0.05, 0) is 5.92 Å². The van der Waals surface area contributed by atoms with Gasteiger partial charge in [-0.1, -0.05) is 19.8 Å². The Bertz CT molecular complexity index is 77.0. The van der Waals surface area contributed by atoms with E-state index in [1.807, 2.05) is 0 Å². The summed E-state index contributed by atoms with van der Waals surface area (Å²) >= 11 is 0. The lowest BCUT2D eigenvalue weighted by Gasteiger charge is -1.61. The molecule has 1 aliphatic rings. The zero-order chi connectivity index (χ0) is 6.57. The Morgan fingerprint density at radius 2 is 1.78 bits per heavy atom. The van der Waals surface area contributed by atoms with Crippen LogP contribution in [0.1, 0.15) is 19.8 Å². The highest BCUT2D eigenvalue weighted by molar-refractivity contribution is 5.61. The summed E-state index contributed by atoms with van der Waals surface area (Å²) < 4.78 is 0. The molecule has 0 atom stereocenters. The van der Waals surface area contributed by atoms with Crippen LogP contribution in [0, 0.1) is 5.92 Å². The van der Waals surface area contributed by atoms with E-state index in [1.54, 1.807) is 0 Å². The average molecular weight is 134 g/mol. The van der Waals surface area contributed by atoms with Gasteiger partial charge in [-0.2, -0.15) is 0 Å². The Labute approximate surface area is 54.6 Å². The monoisotopic (exact) mass is 134 g/mol. The van der Waals surface area contributed by atoms with Crippen LogP contribution in [0.3, 0.4) is 0 Å². The molecule has 0 aromatic carbocycles. The van der Waals surface area contributed by atoms with Gasteiger partial charge in [0.05, 0.1) is 0 Å². The molecule has 1 fully saturated rings. The van der Waals surface area contributed by atoms with Gasteiger partial charge < -0.3 is 17.0 Å². The van der Waals surface area contributed by atoms with Crippen LogP contribution in [0.5, 0.6) is 0 Å². The lowest BCUT2D eigenvalue weighted by atomic mass is 10.5. The first-order valence-corrected chi connectivity index (χ1v) is 2.61. The molecule has 0 unspecified atom stereocenters. The van der Waals surface area contributed by atoms with E-state index in [4.69, 9.17) is 9.90 Å². The van der Waals surface area contributed by atoms with Crippen molar-refractivity contribution in [3.63, 3.8) is 0 Å². The summed E-state index contributed by atoms with van der Waals surface area (Å²) in [5.74, 6) is 1.08. The molecule has 56 valence electrons. The number of carboxylic acid groups (broad SMARTS) is 1. The third kappa shape index (κ3) is 39.8. The molecule has 1 rings (SSSR count). The molecule has 4 nitrogen and oxygen atoms in total. The van der Waals surface area contributed by atoms with Crippen molar-refractivity contribution in [1.29, 1.82) is 0 Å². The van der Waals surface area contributed by atoms with Crippen molar-refractivity contribution >= 4 is 6.09 Å². The molecule has 0 aromatic rings. The topological polar surface area (TPSA) is 98.3 Å². The first-order valence-electron chi connectivity index (χ1n) is 2.61. The molecule has 0 aromatic heterocycles. The minimum absolute atomic E-state index is 0. The summed E-state index contributed by atoms with van der Waals surface area (Å²) in [6.07, 6.45) is 1.64. The van der Waals surface area contributed by atoms with Crippen LogP contribution in [0.4, 0.5) is 4.79 Å². The van der Waals surface area contributed by atoms with E-state index in [1.165, 1.54) is 12.8 Å². The molecule has 4 heteroatoms. The van der Waals surface area contributed by atoms with E-state index < -0.39 is 6.09 Å². The maximum Gasteiger partial charge on any atom is 0.402 e. The molecule has 6 N–H and O–H groups in total. The van der Waals surface area contributed by atoms with Crippen molar-refractivity contribution in [3.05, 3.63) is 0 Å². The highest BCUT2D eigenvalue weighted by Gasteiger charge is 2.12. The van der Waals surface area contributed by atoms with Gasteiger partial charge in [-0.15, -0.1) is 0 Å². The predicted octanol–water partition coefficient (Wildman–Crippen LogP) is 1.20. The molecular weight excluding hydrogens is 120 g/mol. The Hall–Kier alpha value is -0.770. The van der Waals surface area contributed by atoms with Crippen LogP contribution in [0.25, 0.3) is 0 Å². The zero-order valence-electron chi connectivity index (χ0n) is 5.63. The van der Waals surface area contributed by atoms with Crippen molar-refractivity contribution in [2.75, 3.05) is 0 Å². The largest absolute Gasteiger partial charge is 0.465 e. The van der Waals surface area contributed by atoms with Crippen molar-refractivity contribution in [1.82, 2.24) is 6.15 Å². The number of hydrogen-bond acceptors (Lipinski definition) is 2. The fourth-order valence-electron chi connectivity index (χ4n) is 0.167. The average Bonchev–Trinajstić information content (AvgIpc) is 2.19. The Morgan fingerprint density at radius 1 is 1.67 bits per heavy atom. The molecule has 1 saturated carbocycles. The fraction of sp³-hybridized carbons (Fsp3) is 0.800. The molecular formula is C5H14N2O2. The van der Waals surface area contributed by atoms with Gasteiger partial charge in [-0.25, -0.2) is 4.79 Å². The number of rotatable bonds is 0. The number of carbonyl (C=O) groups is 1. The molecule has 0 saturated heterocycles. The first-order chi connectivity index (χ1) is 3.63. The molecule has 1 amide bonds. The quantitative estimate of drug-likeness (QED) is 0.464. The van der Waals surface area contributed by atoms with E-state index in [9.17, 15) is 0 Å². The second-order valence-electron chi connectivity index (χ2n) is 2.02.